The number of aliphatic hydroxyl groups excluding tert-OH is 1. The van der Waals surface area contributed by atoms with Crippen molar-refractivity contribution in [3.05, 3.63) is 11.9 Å². The molecule has 0 aliphatic rings. The molecule has 17 heavy (non-hydrogen) atoms. The Hall–Kier alpha value is -1.36. The van der Waals surface area contributed by atoms with E-state index in [9.17, 15) is 0 Å². The van der Waals surface area contributed by atoms with E-state index in [0.29, 0.717) is 12.2 Å². The Bertz CT molecular complexity index is 370. The van der Waals surface area contributed by atoms with E-state index in [1.807, 2.05) is 6.92 Å². The van der Waals surface area contributed by atoms with Crippen molar-refractivity contribution in [2.45, 2.75) is 45.6 Å². The average Bonchev–Trinajstić information content (AvgIpc) is 2.30. The van der Waals surface area contributed by atoms with Crippen LogP contribution in [0.2, 0.25) is 0 Å². The summed E-state index contributed by atoms with van der Waals surface area (Å²) in [6.07, 6.45) is 3.83. The highest BCUT2D eigenvalue weighted by molar-refractivity contribution is 5.55. The van der Waals surface area contributed by atoms with Gasteiger partial charge >= 0.3 is 0 Å². The zero-order valence-corrected chi connectivity index (χ0v) is 10.8. The summed E-state index contributed by atoms with van der Waals surface area (Å²) in [5.41, 5.74) is 6.59. The topological polar surface area (TPSA) is 84.1 Å². The molecule has 0 amide bonds. The Morgan fingerprint density at radius 2 is 2.12 bits per heavy atom. The van der Waals surface area contributed by atoms with Gasteiger partial charge in [-0.25, -0.2) is 9.97 Å². The summed E-state index contributed by atoms with van der Waals surface area (Å²) in [7, 11) is 0. The lowest BCUT2D eigenvalue weighted by atomic mass is 9.94. The van der Waals surface area contributed by atoms with Crippen molar-refractivity contribution >= 4 is 11.6 Å². The van der Waals surface area contributed by atoms with Crippen LogP contribution in [0.1, 0.15) is 39.2 Å². The van der Waals surface area contributed by atoms with Gasteiger partial charge in [-0.1, -0.05) is 13.8 Å². The van der Waals surface area contributed by atoms with E-state index in [-0.39, 0.29) is 12.1 Å². The SMILES string of the molecule is CCc1c(N)ncnc1NC(C)(CC)CCO. The summed E-state index contributed by atoms with van der Waals surface area (Å²) >= 11 is 0. The van der Waals surface area contributed by atoms with Crippen LogP contribution in [0.5, 0.6) is 0 Å². The van der Waals surface area contributed by atoms with Crippen molar-refractivity contribution in [1.29, 1.82) is 0 Å². The highest BCUT2D eigenvalue weighted by Crippen LogP contribution is 2.25. The minimum atomic E-state index is -0.167. The Kier molecular flexibility index (Phi) is 4.69. The van der Waals surface area contributed by atoms with Gasteiger partial charge < -0.3 is 16.2 Å². The van der Waals surface area contributed by atoms with Crippen molar-refractivity contribution in [2.75, 3.05) is 17.7 Å². The third-order valence-electron chi connectivity index (χ3n) is 3.20. The van der Waals surface area contributed by atoms with Gasteiger partial charge in [-0.05, 0) is 26.2 Å². The summed E-state index contributed by atoms with van der Waals surface area (Å²) in [6, 6.07) is 0. The van der Waals surface area contributed by atoms with Crippen LogP contribution < -0.4 is 11.1 Å². The smallest absolute Gasteiger partial charge is 0.135 e. The van der Waals surface area contributed by atoms with Gasteiger partial charge in [-0.2, -0.15) is 0 Å². The molecule has 1 heterocycles. The van der Waals surface area contributed by atoms with E-state index in [1.165, 1.54) is 6.33 Å². The molecule has 4 N–H and O–H groups in total. The van der Waals surface area contributed by atoms with Crippen LogP contribution in [0.4, 0.5) is 11.6 Å². The van der Waals surface area contributed by atoms with Crippen LogP contribution in [0.3, 0.4) is 0 Å². The number of aliphatic hydroxyl groups is 1. The summed E-state index contributed by atoms with van der Waals surface area (Å²) < 4.78 is 0. The number of nitrogen functional groups attached to an aromatic ring is 1. The molecule has 0 fully saturated rings. The molecule has 1 unspecified atom stereocenters. The predicted octanol–water partition coefficient (Wildman–Crippen LogP) is 1.58. The van der Waals surface area contributed by atoms with Crippen molar-refractivity contribution < 1.29 is 5.11 Å². The number of anilines is 2. The van der Waals surface area contributed by atoms with E-state index in [4.69, 9.17) is 10.8 Å². The number of hydrogen-bond donors (Lipinski definition) is 3. The minimum absolute atomic E-state index is 0.152. The van der Waals surface area contributed by atoms with Crippen LogP contribution in [0.15, 0.2) is 6.33 Å². The zero-order valence-electron chi connectivity index (χ0n) is 10.8. The number of aromatic nitrogens is 2. The first-order valence-corrected chi connectivity index (χ1v) is 6.04. The van der Waals surface area contributed by atoms with Gasteiger partial charge in [0.1, 0.15) is 18.0 Å². The third-order valence-corrected chi connectivity index (χ3v) is 3.20. The van der Waals surface area contributed by atoms with Crippen molar-refractivity contribution in [2.24, 2.45) is 0 Å². The average molecular weight is 238 g/mol. The number of nitrogens with two attached hydrogens (primary N) is 1. The molecular formula is C12H22N4O. The summed E-state index contributed by atoms with van der Waals surface area (Å²) in [5.74, 6) is 1.30. The lowest BCUT2D eigenvalue weighted by Gasteiger charge is -2.30. The molecule has 0 aliphatic heterocycles. The molecular weight excluding hydrogens is 216 g/mol. The van der Waals surface area contributed by atoms with E-state index >= 15 is 0 Å². The first-order chi connectivity index (χ1) is 8.06. The van der Waals surface area contributed by atoms with Crippen LogP contribution >= 0.6 is 0 Å². The van der Waals surface area contributed by atoms with Gasteiger partial charge in [-0.15, -0.1) is 0 Å². The lowest BCUT2D eigenvalue weighted by Crippen LogP contribution is -2.36. The fourth-order valence-corrected chi connectivity index (χ4v) is 1.74. The molecule has 1 rings (SSSR count). The molecule has 1 aromatic rings. The summed E-state index contributed by atoms with van der Waals surface area (Å²) in [6.45, 7) is 6.33. The molecule has 1 atom stereocenters. The first kappa shape index (κ1) is 13.7. The van der Waals surface area contributed by atoms with Gasteiger partial charge in [0.25, 0.3) is 0 Å². The molecule has 0 saturated carbocycles. The highest BCUT2D eigenvalue weighted by Gasteiger charge is 2.23. The third kappa shape index (κ3) is 3.30. The van der Waals surface area contributed by atoms with Crippen molar-refractivity contribution in [3.63, 3.8) is 0 Å². The van der Waals surface area contributed by atoms with E-state index in [2.05, 4.69) is 29.1 Å². The highest BCUT2D eigenvalue weighted by atomic mass is 16.3. The van der Waals surface area contributed by atoms with Crippen molar-refractivity contribution in [1.82, 2.24) is 9.97 Å². The van der Waals surface area contributed by atoms with E-state index < -0.39 is 0 Å². The van der Waals surface area contributed by atoms with Gasteiger partial charge in [0.05, 0.1) is 0 Å². The summed E-state index contributed by atoms with van der Waals surface area (Å²) in [4.78, 5) is 8.23. The van der Waals surface area contributed by atoms with Crippen LogP contribution in [-0.4, -0.2) is 27.2 Å². The van der Waals surface area contributed by atoms with Crippen LogP contribution in [0, 0.1) is 0 Å². The Morgan fingerprint density at radius 3 is 2.65 bits per heavy atom. The van der Waals surface area contributed by atoms with E-state index in [1.54, 1.807) is 0 Å². The largest absolute Gasteiger partial charge is 0.396 e. The number of hydrogen-bond acceptors (Lipinski definition) is 5. The number of nitrogens with one attached hydrogen (secondary N) is 1. The molecule has 0 saturated heterocycles. The second kappa shape index (κ2) is 5.82. The number of rotatable bonds is 6. The maximum atomic E-state index is 9.09. The molecule has 0 spiro atoms. The molecule has 5 nitrogen and oxygen atoms in total. The quantitative estimate of drug-likeness (QED) is 0.701. The second-order valence-corrected chi connectivity index (χ2v) is 4.45. The van der Waals surface area contributed by atoms with Gasteiger partial charge in [0.15, 0.2) is 0 Å². The molecule has 0 aromatic carbocycles. The van der Waals surface area contributed by atoms with Crippen LogP contribution in [-0.2, 0) is 6.42 Å². The maximum Gasteiger partial charge on any atom is 0.135 e. The first-order valence-electron chi connectivity index (χ1n) is 6.04. The molecule has 0 bridgehead atoms. The fraction of sp³-hybridized carbons (Fsp3) is 0.667. The Labute approximate surface area is 102 Å². The molecule has 96 valence electrons. The zero-order chi connectivity index (χ0) is 12.9. The van der Waals surface area contributed by atoms with Gasteiger partial charge in [-0.3, -0.25) is 0 Å². The molecule has 5 heteroatoms. The maximum absolute atomic E-state index is 9.09. The molecule has 0 aliphatic carbocycles. The van der Waals surface area contributed by atoms with Crippen molar-refractivity contribution in [3.8, 4) is 0 Å². The Balaban J connectivity index is 2.97. The standard InChI is InChI=1S/C12H22N4O/c1-4-9-10(13)14-8-15-11(9)16-12(3,5-2)6-7-17/h8,17H,4-7H2,1-3H3,(H3,13,14,15,16). The number of nitrogens with zero attached hydrogens (tertiary/aromatic N) is 2. The second-order valence-electron chi connectivity index (χ2n) is 4.45. The Morgan fingerprint density at radius 1 is 1.41 bits per heavy atom. The minimum Gasteiger partial charge on any atom is -0.396 e. The normalized spacial score (nSPS) is 14.4. The van der Waals surface area contributed by atoms with Gasteiger partial charge in [0, 0.05) is 17.7 Å². The van der Waals surface area contributed by atoms with E-state index in [0.717, 1.165) is 24.2 Å². The van der Waals surface area contributed by atoms with Gasteiger partial charge in [0.2, 0.25) is 0 Å². The summed E-state index contributed by atoms with van der Waals surface area (Å²) in [5, 5.41) is 12.5. The fourth-order valence-electron chi connectivity index (χ4n) is 1.74. The monoisotopic (exact) mass is 238 g/mol. The predicted molar refractivity (Wildman–Crippen MR) is 69.8 cm³/mol. The molecule has 1 aromatic heterocycles. The van der Waals surface area contributed by atoms with Crippen LogP contribution in [0.25, 0.3) is 0 Å². The molecule has 0 radical (unpaired) electrons. The lowest BCUT2D eigenvalue weighted by molar-refractivity contribution is 0.251.